The van der Waals surface area contributed by atoms with E-state index >= 15 is 0 Å². The van der Waals surface area contributed by atoms with Crippen molar-refractivity contribution in [2.24, 2.45) is 5.92 Å². The third kappa shape index (κ3) is 1.95. The van der Waals surface area contributed by atoms with Gasteiger partial charge in [-0.25, -0.2) is 0 Å². The molecule has 0 bridgehead atoms. The summed E-state index contributed by atoms with van der Waals surface area (Å²) in [4.78, 5) is 0. The Kier molecular flexibility index (Phi) is 3.13. The molecule has 18 heavy (non-hydrogen) atoms. The van der Waals surface area contributed by atoms with Crippen molar-refractivity contribution in [2.45, 2.75) is 38.6 Å². The van der Waals surface area contributed by atoms with E-state index in [2.05, 4.69) is 43.4 Å². The first-order valence-corrected chi connectivity index (χ1v) is 7.01. The molecular weight excluding hydrogens is 222 g/mol. The van der Waals surface area contributed by atoms with E-state index < -0.39 is 0 Å². The van der Waals surface area contributed by atoms with Crippen LogP contribution in [-0.2, 0) is 0 Å². The Bertz CT molecular complexity index is 498. The standard InChI is InChI=1S/C16H21NO/c1-3-17-14-9-8-13(11(14)2)16-10-12-6-4-5-7-15(12)18-16/h4-7,10-11,13-14,17H,3,8-9H2,1-2H3. The van der Waals surface area contributed by atoms with Crippen molar-refractivity contribution in [1.29, 1.82) is 0 Å². The van der Waals surface area contributed by atoms with E-state index in [9.17, 15) is 0 Å². The van der Waals surface area contributed by atoms with Crippen molar-refractivity contribution >= 4 is 11.0 Å². The number of hydrogen-bond acceptors (Lipinski definition) is 2. The predicted octanol–water partition coefficient (Wildman–Crippen LogP) is 3.92. The highest BCUT2D eigenvalue weighted by Crippen LogP contribution is 2.41. The molecule has 3 atom stereocenters. The summed E-state index contributed by atoms with van der Waals surface area (Å²) >= 11 is 0. The highest BCUT2D eigenvalue weighted by atomic mass is 16.3. The van der Waals surface area contributed by atoms with Crippen molar-refractivity contribution in [3.8, 4) is 0 Å². The maximum Gasteiger partial charge on any atom is 0.134 e. The zero-order valence-corrected chi connectivity index (χ0v) is 11.1. The number of furan rings is 1. The van der Waals surface area contributed by atoms with E-state index in [0.717, 1.165) is 12.1 Å². The topological polar surface area (TPSA) is 25.2 Å². The minimum absolute atomic E-state index is 0.571. The lowest BCUT2D eigenvalue weighted by Gasteiger charge is -2.19. The minimum atomic E-state index is 0.571. The lowest BCUT2D eigenvalue weighted by molar-refractivity contribution is 0.378. The Morgan fingerprint density at radius 2 is 2.11 bits per heavy atom. The molecule has 1 aliphatic rings. The molecule has 1 fully saturated rings. The fraction of sp³-hybridized carbons (Fsp3) is 0.500. The van der Waals surface area contributed by atoms with E-state index in [0.29, 0.717) is 17.9 Å². The van der Waals surface area contributed by atoms with Crippen LogP contribution < -0.4 is 5.32 Å². The monoisotopic (exact) mass is 243 g/mol. The van der Waals surface area contributed by atoms with Crippen molar-refractivity contribution in [1.82, 2.24) is 5.32 Å². The third-order valence-corrected chi connectivity index (χ3v) is 4.33. The van der Waals surface area contributed by atoms with Crippen molar-refractivity contribution in [2.75, 3.05) is 6.54 Å². The van der Waals surface area contributed by atoms with Gasteiger partial charge in [-0.1, -0.05) is 32.0 Å². The summed E-state index contributed by atoms with van der Waals surface area (Å²) < 4.78 is 6.02. The molecule has 1 aliphatic carbocycles. The Labute approximate surface area is 108 Å². The fourth-order valence-electron chi connectivity index (χ4n) is 3.30. The maximum atomic E-state index is 6.02. The molecule has 1 aromatic carbocycles. The smallest absolute Gasteiger partial charge is 0.134 e. The largest absolute Gasteiger partial charge is 0.461 e. The van der Waals surface area contributed by atoms with E-state index in [-0.39, 0.29) is 0 Å². The van der Waals surface area contributed by atoms with Gasteiger partial charge in [0.1, 0.15) is 11.3 Å². The first-order chi connectivity index (χ1) is 8.79. The van der Waals surface area contributed by atoms with Gasteiger partial charge in [0, 0.05) is 17.3 Å². The second kappa shape index (κ2) is 4.77. The maximum absolute atomic E-state index is 6.02. The van der Waals surface area contributed by atoms with Crippen molar-refractivity contribution < 1.29 is 4.42 Å². The van der Waals surface area contributed by atoms with Crippen molar-refractivity contribution in [3.05, 3.63) is 36.1 Å². The second-order valence-corrected chi connectivity index (χ2v) is 5.39. The van der Waals surface area contributed by atoms with Crippen LogP contribution in [0.5, 0.6) is 0 Å². The van der Waals surface area contributed by atoms with Crippen LogP contribution in [0, 0.1) is 5.92 Å². The molecule has 1 aromatic heterocycles. The summed E-state index contributed by atoms with van der Waals surface area (Å²) in [6, 6.07) is 11.2. The first kappa shape index (κ1) is 11.8. The molecule has 2 heteroatoms. The fourth-order valence-corrected chi connectivity index (χ4v) is 3.30. The van der Waals surface area contributed by atoms with Gasteiger partial charge in [-0.15, -0.1) is 0 Å². The molecule has 3 unspecified atom stereocenters. The molecule has 0 saturated heterocycles. The summed E-state index contributed by atoms with van der Waals surface area (Å²) in [6.45, 7) is 5.58. The van der Waals surface area contributed by atoms with E-state index in [1.165, 1.54) is 24.0 Å². The predicted molar refractivity (Wildman–Crippen MR) is 74.8 cm³/mol. The summed E-state index contributed by atoms with van der Waals surface area (Å²) in [5, 5.41) is 4.81. The van der Waals surface area contributed by atoms with Crippen LogP contribution in [0.25, 0.3) is 11.0 Å². The molecule has 1 N–H and O–H groups in total. The van der Waals surface area contributed by atoms with Gasteiger partial charge in [0.2, 0.25) is 0 Å². The summed E-state index contributed by atoms with van der Waals surface area (Å²) in [7, 11) is 0. The number of fused-ring (bicyclic) bond motifs is 1. The van der Waals surface area contributed by atoms with Crippen molar-refractivity contribution in [3.63, 3.8) is 0 Å². The SMILES string of the molecule is CCNC1CCC(c2cc3ccccc3o2)C1C. The molecule has 1 heterocycles. The Hall–Kier alpha value is -1.28. The van der Waals surface area contributed by atoms with Crippen LogP contribution in [0.2, 0.25) is 0 Å². The average Bonchev–Trinajstić information content (AvgIpc) is 2.94. The van der Waals surface area contributed by atoms with Gasteiger partial charge in [-0.3, -0.25) is 0 Å². The Morgan fingerprint density at radius 3 is 2.89 bits per heavy atom. The van der Waals surface area contributed by atoms with Gasteiger partial charge >= 0.3 is 0 Å². The highest BCUT2D eigenvalue weighted by molar-refractivity contribution is 5.77. The van der Waals surface area contributed by atoms with Crippen LogP contribution in [0.4, 0.5) is 0 Å². The first-order valence-electron chi connectivity index (χ1n) is 7.01. The molecule has 0 spiro atoms. The molecule has 2 nitrogen and oxygen atoms in total. The second-order valence-electron chi connectivity index (χ2n) is 5.39. The molecule has 0 aliphatic heterocycles. The van der Waals surface area contributed by atoms with Gasteiger partial charge < -0.3 is 9.73 Å². The van der Waals surface area contributed by atoms with Crippen LogP contribution in [-0.4, -0.2) is 12.6 Å². The molecule has 3 rings (SSSR count). The normalized spacial score (nSPS) is 28.0. The molecule has 0 radical (unpaired) electrons. The van der Waals surface area contributed by atoms with Crippen LogP contribution in [0.3, 0.4) is 0 Å². The average molecular weight is 243 g/mol. The quantitative estimate of drug-likeness (QED) is 0.883. The zero-order chi connectivity index (χ0) is 12.5. The van der Waals surface area contributed by atoms with Crippen LogP contribution >= 0.6 is 0 Å². The number of para-hydroxylation sites is 1. The lowest BCUT2D eigenvalue weighted by Crippen LogP contribution is -2.31. The lowest BCUT2D eigenvalue weighted by atomic mass is 9.93. The third-order valence-electron chi connectivity index (χ3n) is 4.33. The zero-order valence-electron chi connectivity index (χ0n) is 11.1. The van der Waals surface area contributed by atoms with E-state index in [4.69, 9.17) is 4.42 Å². The Balaban J connectivity index is 1.86. The van der Waals surface area contributed by atoms with Crippen LogP contribution in [0.1, 0.15) is 38.4 Å². The number of hydrogen-bond donors (Lipinski definition) is 1. The molecule has 0 amide bonds. The van der Waals surface area contributed by atoms with Gasteiger partial charge in [-0.2, -0.15) is 0 Å². The van der Waals surface area contributed by atoms with Gasteiger partial charge in [0.15, 0.2) is 0 Å². The molecule has 96 valence electrons. The molecule has 1 saturated carbocycles. The highest BCUT2D eigenvalue weighted by Gasteiger charge is 2.35. The number of rotatable bonds is 3. The van der Waals surface area contributed by atoms with E-state index in [1.54, 1.807) is 0 Å². The van der Waals surface area contributed by atoms with Gasteiger partial charge in [-0.05, 0) is 37.4 Å². The van der Waals surface area contributed by atoms with Crippen LogP contribution in [0.15, 0.2) is 34.7 Å². The number of benzene rings is 1. The summed E-state index contributed by atoms with van der Waals surface area (Å²) in [5.74, 6) is 2.40. The Morgan fingerprint density at radius 1 is 1.28 bits per heavy atom. The summed E-state index contributed by atoms with van der Waals surface area (Å²) in [6.07, 6.45) is 2.50. The number of nitrogens with one attached hydrogen (secondary N) is 1. The molecule has 2 aromatic rings. The minimum Gasteiger partial charge on any atom is -0.461 e. The van der Waals surface area contributed by atoms with Gasteiger partial charge in [0.05, 0.1) is 0 Å². The summed E-state index contributed by atoms with van der Waals surface area (Å²) in [5.41, 5.74) is 1.02. The van der Waals surface area contributed by atoms with Gasteiger partial charge in [0.25, 0.3) is 0 Å². The van der Waals surface area contributed by atoms with E-state index in [1.807, 2.05) is 6.07 Å². The molecular formula is C16H21NO.